The second-order valence-corrected chi connectivity index (χ2v) is 10.5. The normalized spacial score (nSPS) is 11.4. The fourth-order valence-electron chi connectivity index (χ4n) is 2.91. The maximum absolute atomic E-state index is 12.7. The molecular weight excluding hydrogens is 458 g/mol. The quantitative estimate of drug-likeness (QED) is 0.494. The highest BCUT2D eigenvalue weighted by molar-refractivity contribution is 7.89. The van der Waals surface area contributed by atoms with Crippen molar-refractivity contribution in [2.24, 2.45) is 5.92 Å². The molecule has 0 bridgehead atoms. The number of amides is 2. The molecule has 0 saturated carbocycles. The monoisotopic (exact) mass is 491 g/mol. The van der Waals surface area contributed by atoms with Gasteiger partial charge in [-0.2, -0.15) is 4.31 Å². The number of sulfonamides is 1. The van der Waals surface area contributed by atoms with Crippen molar-refractivity contribution in [3.8, 4) is 11.5 Å². The molecule has 9 nitrogen and oxygen atoms in total. The van der Waals surface area contributed by atoms with Gasteiger partial charge in [-0.25, -0.2) is 8.42 Å². The highest BCUT2D eigenvalue weighted by atomic mass is 32.2. The van der Waals surface area contributed by atoms with Crippen LogP contribution in [0.1, 0.15) is 41.8 Å². The average molecular weight is 492 g/mol. The number of aryl methyl sites for hydroxylation is 2. The molecule has 2 amide bonds. The maximum Gasteiger partial charge on any atom is 0.269 e. The van der Waals surface area contributed by atoms with Crippen LogP contribution in [-0.2, 0) is 14.8 Å². The lowest BCUT2D eigenvalue weighted by Gasteiger charge is -2.18. The summed E-state index contributed by atoms with van der Waals surface area (Å²) in [5.41, 5.74) is 6.56. The Morgan fingerprint density at radius 1 is 1.00 bits per heavy atom. The van der Waals surface area contributed by atoms with Gasteiger partial charge in [0, 0.05) is 12.6 Å². The van der Waals surface area contributed by atoms with Crippen molar-refractivity contribution < 1.29 is 27.5 Å². The van der Waals surface area contributed by atoms with Gasteiger partial charge in [-0.05, 0) is 67.6 Å². The van der Waals surface area contributed by atoms with Gasteiger partial charge in [0.1, 0.15) is 0 Å². The van der Waals surface area contributed by atoms with Gasteiger partial charge >= 0.3 is 0 Å². The number of ether oxygens (including phenoxy) is 2. The van der Waals surface area contributed by atoms with Crippen molar-refractivity contribution in [1.82, 2.24) is 15.2 Å². The summed E-state index contributed by atoms with van der Waals surface area (Å²) in [6, 6.07) is 9.44. The second kappa shape index (κ2) is 11.8. The van der Waals surface area contributed by atoms with Crippen LogP contribution in [0.5, 0.6) is 11.5 Å². The van der Waals surface area contributed by atoms with Gasteiger partial charge in [-0.3, -0.25) is 20.4 Å². The lowest BCUT2D eigenvalue weighted by molar-refractivity contribution is -0.121. The van der Waals surface area contributed by atoms with Gasteiger partial charge in [0.25, 0.3) is 11.8 Å². The molecule has 0 spiro atoms. The topological polar surface area (TPSA) is 114 Å². The molecule has 0 unspecified atom stereocenters. The predicted octanol–water partition coefficient (Wildman–Crippen LogP) is 2.82. The van der Waals surface area contributed by atoms with Crippen LogP contribution in [0.2, 0.25) is 0 Å². The van der Waals surface area contributed by atoms with Crippen LogP contribution in [0.3, 0.4) is 0 Å². The van der Waals surface area contributed by atoms with E-state index in [0.29, 0.717) is 24.0 Å². The van der Waals surface area contributed by atoms with E-state index in [1.807, 2.05) is 13.8 Å². The number of nitrogens with zero attached hydrogens (tertiary/aromatic N) is 1. The zero-order chi connectivity index (χ0) is 25.5. The highest BCUT2D eigenvalue weighted by Gasteiger charge is 2.23. The Bertz CT molecular complexity index is 1130. The molecule has 0 radical (unpaired) electrons. The predicted molar refractivity (Wildman–Crippen MR) is 129 cm³/mol. The minimum atomic E-state index is -3.86. The summed E-state index contributed by atoms with van der Waals surface area (Å²) in [4.78, 5) is 24.8. The molecule has 10 heteroatoms. The third kappa shape index (κ3) is 7.19. The van der Waals surface area contributed by atoms with Gasteiger partial charge < -0.3 is 9.47 Å². The Labute approximate surface area is 201 Å². The summed E-state index contributed by atoms with van der Waals surface area (Å²) >= 11 is 0. The Hall–Kier alpha value is -3.11. The first kappa shape index (κ1) is 27.1. The molecule has 0 aliphatic heterocycles. The minimum absolute atomic E-state index is 0.0951. The summed E-state index contributed by atoms with van der Waals surface area (Å²) in [5.74, 6) is 0.127. The van der Waals surface area contributed by atoms with E-state index in [0.717, 1.165) is 21.9 Å². The van der Waals surface area contributed by atoms with Crippen LogP contribution in [0.15, 0.2) is 41.3 Å². The van der Waals surface area contributed by atoms with E-state index in [4.69, 9.17) is 9.47 Å². The van der Waals surface area contributed by atoms with Gasteiger partial charge in [-0.1, -0.05) is 19.9 Å². The zero-order valence-corrected chi connectivity index (χ0v) is 21.3. The van der Waals surface area contributed by atoms with Crippen LogP contribution in [0.25, 0.3) is 0 Å². The van der Waals surface area contributed by atoms with E-state index in [1.165, 1.54) is 26.3 Å². The summed E-state index contributed by atoms with van der Waals surface area (Å²) in [5, 5.41) is 0. The zero-order valence-electron chi connectivity index (χ0n) is 20.5. The number of nitrogens with one attached hydrogen (secondary N) is 2. The largest absolute Gasteiger partial charge is 0.493 e. The number of hydrogen-bond acceptors (Lipinski definition) is 6. The van der Waals surface area contributed by atoms with Crippen molar-refractivity contribution in [2.45, 2.75) is 39.0 Å². The molecule has 0 aromatic heterocycles. The molecule has 0 aliphatic carbocycles. The lowest BCUT2D eigenvalue weighted by atomic mass is 10.1. The number of carbonyl (C=O) groups excluding carboxylic acids is 2. The molecule has 34 heavy (non-hydrogen) atoms. The Morgan fingerprint density at radius 2 is 1.71 bits per heavy atom. The summed E-state index contributed by atoms with van der Waals surface area (Å²) in [6.45, 7) is 7.94. The number of methoxy groups -OCH3 is 1. The number of hydrogen-bond donors (Lipinski definition) is 2. The van der Waals surface area contributed by atoms with Crippen LogP contribution >= 0.6 is 0 Å². The molecule has 0 fully saturated rings. The molecule has 0 saturated heterocycles. The molecular formula is C24H33N3O6S. The van der Waals surface area contributed by atoms with E-state index in [-0.39, 0.29) is 10.5 Å². The third-order valence-corrected chi connectivity index (χ3v) is 7.05. The molecule has 0 atom stereocenters. The van der Waals surface area contributed by atoms with Crippen molar-refractivity contribution in [3.05, 3.63) is 53.1 Å². The molecule has 2 N–H and O–H groups in total. The fourth-order valence-corrected chi connectivity index (χ4v) is 4.13. The van der Waals surface area contributed by atoms with Crippen molar-refractivity contribution >= 4 is 21.8 Å². The summed E-state index contributed by atoms with van der Waals surface area (Å²) in [6.07, 6.45) is 0.880. The first-order valence-electron chi connectivity index (χ1n) is 10.9. The fraction of sp³-hybridized carbons (Fsp3) is 0.417. The number of hydrazine groups is 1. The van der Waals surface area contributed by atoms with Crippen LogP contribution in [-0.4, -0.2) is 51.8 Å². The number of likely N-dealkylation sites (N-methyl/N-ethyl adjacent to an activating group) is 1. The van der Waals surface area contributed by atoms with E-state index < -0.39 is 28.4 Å². The average Bonchev–Trinajstić information content (AvgIpc) is 2.78. The van der Waals surface area contributed by atoms with E-state index in [2.05, 4.69) is 24.7 Å². The number of benzene rings is 2. The first-order chi connectivity index (χ1) is 15.9. The van der Waals surface area contributed by atoms with Crippen LogP contribution in [0, 0.1) is 19.8 Å². The van der Waals surface area contributed by atoms with Crippen LogP contribution < -0.4 is 20.3 Å². The highest BCUT2D eigenvalue weighted by Crippen LogP contribution is 2.28. The molecule has 186 valence electrons. The van der Waals surface area contributed by atoms with Gasteiger partial charge in [0.15, 0.2) is 11.5 Å². The molecule has 2 rings (SSSR count). The standard InChI is InChI=1S/C24H33N3O6S/c1-16(2)11-12-33-21-10-8-19(14-22(21)32-6)24(29)26-25-23(28)15-27(5)34(30,31)20-9-7-17(3)18(4)13-20/h7-10,13-14,16H,11-12,15H2,1-6H3,(H,25,28)(H,26,29). The smallest absolute Gasteiger partial charge is 0.269 e. The SMILES string of the molecule is COc1cc(C(=O)NNC(=O)CN(C)S(=O)(=O)c2ccc(C)c(C)c2)ccc1OCCC(C)C. The number of carbonyl (C=O) groups is 2. The van der Waals surface area contributed by atoms with Gasteiger partial charge in [0.05, 0.1) is 25.2 Å². The summed E-state index contributed by atoms with van der Waals surface area (Å²) < 4.78 is 37.4. The maximum atomic E-state index is 12.7. The summed E-state index contributed by atoms with van der Waals surface area (Å²) in [7, 11) is -1.09. The van der Waals surface area contributed by atoms with E-state index in [1.54, 1.807) is 24.3 Å². The Kier molecular flexibility index (Phi) is 9.46. The van der Waals surface area contributed by atoms with E-state index in [9.17, 15) is 18.0 Å². The number of rotatable bonds is 10. The van der Waals surface area contributed by atoms with Crippen molar-refractivity contribution in [2.75, 3.05) is 27.3 Å². The second-order valence-electron chi connectivity index (χ2n) is 8.41. The van der Waals surface area contributed by atoms with Gasteiger partial charge in [-0.15, -0.1) is 0 Å². The van der Waals surface area contributed by atoms with E-state index >= 15 is 0 Å². The first-order valence-corrected chi connectivity index (χ1v) is 12.3. The molecule has 2 aromatic carbocycles. The molecule has 0 heterocycles. The molecule has 0 aliphatic rings. The van der Waals surface area contributed by atoms with Crippen molar-refractivity contribution in [1.29, 1.82) is 0 Å². The molecule has 2 aromatic rings. The Morgan fingerprint density at radius 3 is 2.32 bits per heavy atom. The third-order valence-electron chi connectivity index (χ3n) is 5.25. The Balaban J connectivity index is 1.96. The van der Waals surface area contributed by atoms with Gasteiger partial charge in [0.2, 0.25) is 10.0 Å². The van der Waals surface area contributed by atoms with Crippen molar-refractivity contribution in [3.63, 3.8) is 0 Å². The minimum Gasteiger partial charge on any atom is -0.493 e. The lowest BCUT2D eigenvalue weighted by Crippen LogP contribution is -2.46. The van der Waals surface area contributed by atoms with Crippen LogP contribution in [0.4, 0.5) is 0 Å².